The van der Waals surface area contributed by atoms with Gasteiger partial charge >= 0.3 is 6.18 Å². The number of nitrogens with zero attached hydrogens (tertiary/aromatic N) is 2. The van der Waals surface area contributed by atoms with Gasteiger partial charge in [-0.3, -0.25) is 4.79 Å². The molecule has 0 unspecified atom stereocenters. The highest BCUT2D eigenvalue weighted by atomic mass is 32.2. The summed E-state index contributed by atoms with van der Waals surface area (Å²) >= 11 is 0. The lowest BCUT2D eigenvalue weighted by Crippen LogP contribution is -2.50. The van der Waals surface area contributed by atoms with Gasteiger partial charge in [-0.2, -0.15) is 17.5 Å². The summed E-state index contributed by atoms with van der Waals surface area (Å²) in [4.78, 5) is 14.3. The standard InChI is InChI=1S/C22H25F3N2O5S/c1-3-31-19-10-5-16(15-20(19)32-4-2)21(28)26-11-13-27(14-12-26)33(29,30)18-8-6-17(7-9-18)22(23,24)25/h5-10,15H,3-4,11-14H2,1-2H3. The van der Waals surface area contributed by atoms with Gasteiger partial charge in [0.05, 0.1) is 23.7 Å². The van der Waals surface area contributed by atoms with Crippen LogP contribution in [0, 0.1) is 0 Å². The third kappa shape index (κ3) is 5.59. The zero-order valence-electron chi connectivity index (χ0n) is 18.3. The van der Waals surface area contributed by atoms with Crippen molar-refractivity contribution in [3.63, 3.8) is 0 Å². The molecular weight excluding hydrogens is 461 g/mol. The number of hydrogen-bond acceptors (Lipinski definition) is 5. The van der Waals surface area contributed by atoms with Gasteiger partial charge in [0.2, 0.25) is 10.0 Å². The topological polar surface area (TPSA) is 76.2 Å². The molecule has 1 heterocycles. The highest BCUT2D eigenvalue weighted by Gasteiger charge is 2.33. The summed E-state index contributed by atoms with van der Waals surface area (Å²) < 4.78 is 76.1. The zero-order valence-corrected chi connectivity index (χ0v) is 19.1. The second kappa shape index (κ2) is 10.0. The number of amides is 1. The number of rotatable bonds is 7. The fraction of sp³-hybridized carbons (Fsp3) is 0.409. The van der Waals surface area contributed by atoms with Crippen LogP contribution in [0.2, 0.25) is 0 Å². The molecule has 1 amide bonds. The molecule has 11 heteroatoms. The van der Waals surface area contributed by atoms with Crippen molar-refractivity contribution in [2.75, 3.05) is 39.4 Å². The Morgan fingerprint density at radius 2 is 1.48 bits per heavy atom. The molecule has 1 saturated heterocycles. The molecule has 180 valence electrons. The van der Waals surface area contributed by atoms with Crippen molar-refractivity contribution in [1.29, 1.82) is 0 Å². The fourth-order valence-corrected chi connectivity index (χ4v) is 4.89. The number of sulfonamides is 1. The first-order chi connectivity index (χ1) is 15.6. The van der Waals surface area contributed by atoms with Crippen molar-refractivity contribution in [2.24, 2.45) is 0 Å². The molecule has 2 aromatic rings. The lowest BCUT2D eigenvalue weighted by Gasteiger charge is -2.34. The van der Waals surface area contributed by atoms with E-state index in [2.05, 4.69) is 0 Å². The van der Waals surface area contributed by atoms with Crippen molar-refractivity contribution in [2.45, 2.75) is 24.9 Å². The Morgan fingerprint density at radius 1 is 0.909 bits per heavy atom. The molecule has 2 aromatic carbocycles. The molecule has 0 atom stereocenters. The maximum atomic E-state index is 12.9. The number of carbonyl (C=O) groups is 1. The minimum absolute atomic E-state index is 0.0322. The molecule has 0 aliphatic carbocycles. The van der Waals surface area contributed by atoms with Crippen LogP contribution in [0.3, 0.4) is 0 Å². The van der Waals surface area contributed by atoms with Crippen LogP contribution in [-0.4, -0.2) is 62.9 Å². The number of carbonyl (C=O) groups excluding carboxylic acids is 1. The van der Waals surface area contributed by atoms with Gasteiger partial charge in [-0.05, 0) is 56.3 Å². The van der Waals surface area contributed by atoms with Crippen LogP contribution in [0.15, 0.2) is 47.4 Å². The van der Waals surface area contributed by atoms with Gasteiger partial charge in [-0.15, -0.1) is 0 Å². The quantitative estimate of drug-likeness (QED) is 0.597. The highest BCUT2D eigenvalue weighted by Crippen LogP contribution is 2.31. The molecule has 0 N–H and O–H groups in total. The molecule has 0 spiro atoms. The summed E-state index contributed by atoms with van der Waals surface area (Å²) in [6.45, 7) is 4.87. The molecule has 1 aliphatic rings. The van der Waals surface area contributed by atoms with Crippen LogP contribution >= 0.6 is 0 Å². The van der Waals surface area contributed by atoms with E-state index in [9.17, 15) is 26.4 Å². The monoisotopic (exact) mass is 486 g/mol. The van der Waals surface area contributed by atoms with Gasteiger partial charge in [0.15, 0.2) is 11.5 Å². The van der Waals surface area contributed by atoms with E-state index >= 15 is 0 Å². The van der Waals surface area contributed by atoms with Crippen LogP contribution in [0.5, 0.6) is 11.5 Å². The summed E-state index contributed by atoms with van der Waals surface area (Å²) in [5.41, 5.74) is -0.528. The van der Waals surface area contributed by atoms with Gasteiger partial charge in [0.1, 0.15) is 0 Å². The Morgan fingerprint density at radius 3 is 2.03 bits per heavy atom. The van der Waals surface area contributed by atoms with Crippen LogP contribution < -0.4 is 9.47 Å². The maximum absolute atomic E-state index is 12.9. The van der Waals surface area contributed by atoms with Gasteiger partial charge in [0, 0.05) is 31.7 Å². The molecule has 0 radical (unpaired) electrons. The van der Waals surface area contributed by atoms with E-state index in [1.165, 1.54) is 9.21 Å². The molecule has 0 aromatic heterocycles. The van der Waals surface area contributed by atoms with Gasteiger partial charge in [0.25, 0.3) is 5.91 Å². The Balaban J connectivity index is 1.69. The number of piperazine rings is 1. The Hall–Kier alpha value is -2.79. The van der Waals surface area contributed by atoms with Crippen molar-refractivity contribution in [1.82, 2.24) is 9.21 Å². The fourth-order valence-electron chi connectivity index (χ4n) is 3.46. The van der Waals surface area contributed by atoms with E-state index in [0.29, 0.717) is 30.3 Å². The molecule has 3 rings (SSSR count). The third-order valence-corrected chi connectivity index (χ3v) is 7.05. The van der Waals surface area contributed by atoms with E-state index in [1.807, 2.05) is 13.8 Å². The largest absolute Gasteiger partial charge is 0.490 e. The van der Waals surface area contributed by atoms with Crippen LogP contribution in [0.4, 0.5) is 13.2 Å². The van der Waals surface area contributed by atoms with E-state index in [4.69, 9.17) is 9.47 Å². The number of benzene rings is 2. The van der Waals surface area contributed by atoms with E-state index < -0.39 is 21.8 Å². The second-order valence-electron chi connectivity index (χ2n) is 7.25. The number of hydrogen-bond donors (Lipinski definition) is 0. The SMILES string of the molecule is CCOc1ccc(C(=O)N2CCN(S(=O)(=O)c3ccc(C(F)(F)F)cc3)CC2)cc1OCC. The summed E-state index contributed by atoms with van der Waals surface area (Å²) in [7, 11) is -3.97. The second-order valence-corrected chi connectivity index (χ2v) is 9.18. The van der Waals surface area contributed by atoms with Gasteiger partial charge in [-0.25, -0.2) is 8.42 Å². The number of ether oxygens (including phenoxy) is 2. The van der Waals surface area contributed by atoms with E-state index in [1.54, 1.807) is 18.2 Å². The first-order valence-electron chi connectivity index (χ1n) is 10.4. The zero-order chi connectivity index (χ0) is 24.2. The third-order valence-electron chi connectivity index (χ3n) is 5.14. The van der Waals surface area contributed by atoms with Crippen LogP contribution in [0.25, 0.3) is 0 Å². The minimum atomic E-state index is -4.54. The van der Waals surface area contributed by atoms with E-state index in [-0.39, 0.29) is 37.0 Å². The average Bonchev–Trinajstić information content (AvgIpc) is 2.79. The summed E-state index contributed by atoms with van der Waals surface area (Å²) in [6, 6.07) is 8.27. The van der Waals surface area contributed by atoms with Gasteiger partial charge in [-0.1, -0.05) is 0 Å². The normalized spacial score (nSPS) is 15.4. The lowest BCUT2D eigenvalue weighted by atomic mass is 10.1. The molecular formula is C22H25F3N2O5S. The van der Waals surface area contributed by atoms with Gasteiger partial charge < -0.3 is 14.4 Å². The maximum Gasteiger partial charge on any atom is 0.416 e. The lowest BCUT2D eigenvalue weighted by molar-refractivity contribution is -0.137. The molecule has 1 aliphatic heterocycles. The predicted octanol–water partition coefficient (Wildman–Crippen LogP) is 3.65. The Kier molecular flexibility index (Phi) is 7.53. The molecule has 1 fully saturated rings. The summed E-state index contributed by atoms with van der Waals surface area (Å²) in [5.74, 6) is 0.711. The number of alkyl halides is 3. The first-order valence-corrected chi connectivity index (χ1v) is 11.9. The van der Waals surface area contributed by atoms with Crippen molar-refractivity contribution in [3.8, 4) is 11.5 Å². The summed E-state index contributed by atoms with van der Waals surface area (Å²) in [5, 5.41) is 0. The van der Waals surface area contributed by atoms with Crippen molar-refractivity contribution < 1.29 is 35.9 Å². The Labute approximate surface area is 190 Å². The van der Waals surface area contributed by atoms with Crippen molar-refractivity contribution in [3.05, 3.63) is 53.6 Å². The van der Waals surface area contributed by atoms with Crippen LogP contribution in [-0.2, 0) is 16.2 Å². The first kappa shape index (κ1) is 24.8. The predicted molar refractivity (Wildman–Crippen MR) is 115 cm³/mol. The van der Waals surface area contributed by atoms with E-state index in [0.717, 1.165) is 24.3 Å². The average molecular weight is 487 g/mol. The summed E-state index contributed by atoms with van der Waals surface area (Å²) in [6.07, 6.45) is -4.54. The highest BCUT2D eigenvalue weighted by molar-refractivity contribution is 7.89. The molecule has 0 bridgehead atoms. The van der Waals surface area contributed by atoms with Crippen LogP contribution in [0.1, 0.15) is 29.8 Å². The molecule has 0 saturated carbocycles. The smallest absolute Gasteiger partial charge is 0.416 e. The van der Waals surface area contributed by atoms with Crippen molar-refractivity contribution >= 4 is 15.9 Å². The molecule has 33 heavy (non-hydrogen) atoms. The number of halogens is 3. The minimum Gasteiger partial charge on any atom is -0.490 e. The molecule has 7 nitrogen and oxygen atoms in total. The Bertz CT molecular complexity index is 1080.